The average molecular weight is 278 g/mol. The Bertz CT molecular complexity index is 530. The van der Waals surface area contributed by atoms with E-state index in [1.165, 1.54) is 4.90 Å². The fraction of sp³-hybridized carbons (Fsp3) is 0.250. The summed E-state index contributed by atoms with van der Waals surface area (Å²) in [6.45, 7) is -0.00285. The summed E-state index contributed by atoms with van der Waals surface area (Å²) in [5.41, 5.74) is 6.49. The van der Waals surface area contributed by atoms with Crippen LogP contribution in [0, 0.1) is 22.7 Å². The molecule has 1 rings (SSSR count). The van der Waals surface area contributed by atoms with E-state index in [4.69, 9.17) is 27.9 Å². The molecule has 7 heteroatoms. The predicted molar refractivity (Wildman–Crippen MR) is 72.2 cm³/mol. The van der Waals surface area contributed by atoms with Crippen LogP contribution in [0.2, 0.25) is 5.02 Å². The molecule has 0 saturated heterocycles. The quantitative estimate of drug-likeness (QED) is 0.621. The van der Waals surface area contributed by atoms with Gasteiger partial charge in [0.15, 0.2) is 0 Å². The fourth-order valence-electron chi connectivity index (χ4n) is 1.39. The second-order valence-corrected chi connectivity index (χ2v) is 4.15. The number of halogens is 1. The van der Waals surface area contributed by atoms with Crippen LogP contribution in [-0.2, 0) is 4.79 Å². The maximum atomic E-state index is 11.7. The summed E-state index contributed by atoms with van der Waals surface area (Å²) in [7, 11) is 0. The number of nitrogens with one attached hydrogen (secondary N) is 1. The van der Waals surface area contributed by atoms with Crippen molar-refractivity contribution in [3.05, 3.63) is 23.2 Å². The van der Waals surface area contributed by atoms with Crippen LogP contribution in [0.5, 0.6) is 0 Å². The third-order valence-corrected chi connectivity index (χ3v) is 2.58. The summed E-state index contributed by atoms with van der Waals surface area (Å²) in [5, 5.41) is 20.2. The Balaban J connectivity index is 2.61. The average Bonchev–Trinajstić information content (AvgIpc) is 2.34. The molecule has 19 heavy (non-hydrogen) atoms. The molecule has 0 saturated carbocycles. The standard InChI is InChI=1S/C12H12ClN5O/c13-10-2-1-9(7-11(10)16)17-12(19)8-18(5-3-14)6-4-15/h1-2,7H,5-6,8,16H2,(H,17,19). The van der Waals surface area contributed by atoms with Crippen molar-refractivity contribution >= 4 is 28.9 Å². The molecule has 0 fully saturated rings. The van der Waals surface area contributed by atoms with Crippen molar-refractivity contribution in [2.45, 2.75) is 0 Å². The van der Waals surface area contributed by atoms with Gasteiger partial charge in [0.1, 0.15) is 0 Å². The van der Waals surface area contributed by atoms with Crippen LogP contribution in [0.25, 0.3) is 0 Å². The van der Waals surface area contributed by atoms with E-state index >= 15 is 0 Å². The van der Waals surface area contributed by atoms with Crippen LogP contribution in [-0.4, -0.2) is 30.4 Å². The summed E-state index contributed by atoms with van der Waals surface area (Å²) in [6.07, 6.45) is 0. The first-order valence-corrected chi connectivity index (χ1v) is 5.75. The number of carbonyl (C=O) groups is 1. The monoisotopic (exact) mass is 277 g/mol. The van der Waals surface area contributed by atoms with Gasteiger partial charge in [0, 0.05) is 5.69 Å². The predicted octanol–water partition coefficient (Wildman–Crippen LogP) is 1.21. The highest BCUT2D eigenvalue weighted by atomic mass is 35.5. The molecule has 0 bridgehead atoms. The highest BCUT2D eigenvalue weighted by Gasteiger charge is 2.10. The van der Waals surface area contributed by atoms with E-state index in [1.807, 2.05) is 12.1 Å². The van der Waals surface area contributed by atoms with Crippen molar-refractivity contribution in [2.75, 3.05) is 30.7 Å². The Kier molecular flexibility index (Phi) is 5.62. The number of anilines is 2. The summed E-state index contributed by atoms with van der Waals surface area (Å²) in [5.74, 6) is -0.327. The molecule has 0 aromatic heterocycles. The molecule has 0 aliphatic rings. The van der Waals surface area contributed by atoms with E-state index in [2.05, 4.69) is 5.32 Å². The first-order valence-electron chi connectivity index (χ1n) is 5.38. The minimum Gasteiger partial charge on any atom is -0.397 e. The molecular formula is C12H12ClN5O. The van der Waals surface area contributed by atoms with Crippen LogP contribution in [0.15, 0.2) is 18.2 Å². The number of rotatable bonds is 5. The Morgan fingerprint density at radius 2 is 2.00 bits per heavy atom. The Labute approximate surface area is 116 Å². The van der Waals surface area contributed by atoms with Crippen molar-refractivity contribution in [3.8, 4) is 12.1 Å². The number of hydrogen-bond acceptors (Lipinski definition) is 5. The normalized spacial score (nSPS) is 9.68. The van der Waals surface area contributed by atoms with Gasteiger partial charge in [-0.05, 0) is 18.2 Å². The third kappa shape index (κ3) is 4.84. The number of carbonyl (C=O) groups excluding carboxylic acids is 1. The van der Waals surface area contributed by atoms with Gasteiger partial charge in [0.05, 0.1) is 42.5 Å². The van der Waals surface area contributed by atoms with Crippen molar-refractivity contribution in [1.29, 1.82) is 10.5 Å². The van der Waals surface area contributed by atoms with Crippen LogP contribution < -0.4 is 11.1 Å². The van der Waals surface area contributed by atoms with E-state index in [0.29, 0.717) is 16.4 Å². The van der Waals surface area contributed by atoms with Gasteiger partial charge in [-0.1, -0.05) is 11.6 Å². The molecule has 98 valence electrons. The van der Waals surface area contributed by atoms with E-state index in [1.54, 1.807) is 18.2 Å². The van der Waals surface area contributed by atoms with E-state index in [9.17, 15) is 4.79 Å². The van der Waals surface area contributed by atoms with Gasteiger partial charge >= 0.3 is 0 Å². The molecule has 0 atom stereocenters. The minimum atomic E-state index is -0.327. The lowest BCUT2D eigenvalue weighted by atomic mass is 10.3. The van der Waals surface area contributed by atoms with Gasteiger partial charge in [-0.25, -0.2) is 0 Å². The van der Waals surface area contributed by atoms with Crippen molar-refractivity contribution in [1.82, 2.24) is 4.90 Å². The molecule has 1 amide bonds. The SMILES string of the molecule is N#CCN(CC#N)CC(=O)Nc1ccc(Cl)c(N)c1. The van der Waals surface area contributed by atoms with E-state index in [0.717, 1.165) is 0 Å². The van der Waals surface area contributed by atoms with Gasteiger partial charge in [0.25, 0.3) is 0 Å². The summed E-state index contributed by atoms with van der Waals surface area (Å²) < 4.78 is 0. The van der Waals surface area contributed by atoms with Gasteiger partial charge in [-0.3, -0.25) is 9.69 Å². The Morgan fingerprint density at radius 1 is 1.37 bits per heavy atom. The second-order valence-electron chi connectivity index (χ2n) is 3.75. The molecule has 0 spiro atoms. The van der Waals surface area contributed by atoms with Crippen LogP contribution in [0.3, 0.4) is 0 Å². The largest absolute Gasteiger partial charge is 0.397 e. The first kappa shape index (κ1) is 14.8. The lowest BCUT2D eigenvalue weighted by Crippen LogP contribution is -2.33. The Morgan fingerprint density at radius 3 is 2.53 bits per heavy atom. The van der Waals surface area contributed by atoms with Gasteiger partial charge in [-0.2, -0.15) is 10.5 Å². The molecule has 1 aromatic rings. The number of nitrogens with two attached hydrogens (primary N) is 1. The van der Waals surface area contributed by atoms with Crippen molar-refractivity contribution in [3.63, 3.8) is 0 Å². The molecule has 0 heterocycles. The number of nitriles is 2. The van der Waals surface area contributed by atoms with E-state index < -0.39 is 0 Å². The lowest BCUT2D eigenvalue weighted by Gasteiger charge is -2.14. The smallest absolute Gasteiger partial charge is 0.238 e. The maximum Gasteiger partial charge on any atom is 0.238 e. The zero-order valence-corrected chi connectivity index (χ0v) is 10.8. The summed E-state index contributed by atoms with van der Waals surface area (Å²) >= 11 is 5.77. The third-order valence-electron chi connectivity index (χ3n) is 2.24. The number of nitrogen functional groups attached to an aromatic ring is 1. The van der Waals surface area contributed by atoms with E-state index in [-0.39, 0.29) is 25.5 Å². The minimum absolute atomic E-state index is 0.0176. The van der Waals surface area contributed by atoms with Gasteiger partial charge in [0.2, 0.25) is 5.91 Å². The molecule has 0 radical (unpaired) electrons. The molecule has 0 aliphatic heterocycles. The van der Waals surface area contributed by atoms with Gasteiger partial charge in [-0.15, -0.1) is 0 Å². The molecule has 6 nitrogen and oxygen atoms in total. The maximum absolute atomic E-state index is 11.7. The first-order chi connectivity index (χ1) is 9.06. The van der Waals surface area contributed by atoms with Crippen LogP contribution in [0.4, 0.5) is 11.4 Å². The zero-order valence-electron chi connectivity index (χ0n) is 10.1. The highest BCUT2D eigenvalue weighted by molar-refractivity contribution is 6.33. The van der Waals surface area contributed by atoms with Gasteiger partial charge < -0.3 is 11.1 Å². The summed E-state index contributed by atoms with van der Waals surface area (Å²) in [6, 6.07) is 8.53. The lowest BCUT2D eigenvalue weighted by molar-refractivity contribution is -0.117. The van der Waals surface area contributed by atoms with Crippen molar-refractivity contribution in [2.24, 2.45) is 0 Å². The highest BCUT2D eigenvalue weighted by Crippen LogP contribution is 2.22. The molecule has 0 aliphatic carbocycles. The number of amides is 1. The summed E-state index contributed by atoms with van der Waals surface area (Å²) in [4.78, 5) is 13.1. The second kappa shape index (κ2) is 7.22. The topological polar surface area (TPSA) is 106 Å². The fourth-order valence-corrected chi connectivity index (χ4v) is 1.51. The number of nitrogens with zero attached hydrogens (tertiary/aromatic N) is 3. The number of benzene rings is 1. The molecule has 0 unspecified atom stereocenters. The van der Waals surface area contributed by atoms with Crippen LogP contribution >= 0.6 is 11.6 Å². The van der Waals surface area contributed by atoms with Crippen LogP contribution in [0.1, 0.15) is 0 Å². The molecule has 3 N–H and O–H groups in total. The molecule has 1 aromatic carbocycles. The molecular weight excluding hydrogens is 266 g/mol. The number of hydrogen-bond donors (Lipinski definition) is 2. The zero-order chi connectivity index (χ0) is 14.3. The van der Waals surface area contributed by atoms with Crippen molar-refractivity contribution < 1.29 is 4.79 Å². The Hall–Kier alpha value is -2.28.